The Morgan fingerprint density at radius 1 is 1.48 bits per heavy atom. The average molecular weight is 293 g/mol. The number of nitrogens with one attached hydrogen (secondary N) is 1. The number of methoxy groups -OCH3 is 1. The molecule has 0 aliphatic carbocycles. The van der Waals surface area contributed by atoms with Crippen molar-refractivity contribution in [3.05, 3.63) is 23.8 Å². The van der Waals surface area contributed by atoms with Crippen LogP contribution >= 0.6 is 0 Å². The first-order valence-corrected chi connectivity index (χ1v) is 7.18. The van der Waals surface area contributed by atoms with Gasteiger partial charge in [-0.2, -0.15) is 0 Å². The molecule has 21 heavy (non-hydrogen) atoms. The maximum absolute atomic E-state index is 10.9. The van der Waals surface area contributed by atoms with Crippen LogP contribution in [0.25, 0.3) is 0 Å². The van der Waals surface area contributed by atoms with E-state index in [2.05, 4.69) is 10.2 Å². The van der Waals surface area contributed by atoms with E-state index in [1.807, 2.05) is 12.1 Å². The van der Waals surface area contributed by atoms with Gasteiger partial charge in [0, 0.05) is 25.7 Å². The maximum Gasteiger partial charge on any atom is 0.231 e. The van der Waals surface area contributed by atoms with Gasteiger partial charge in [0.25, 0.3) is 0 Å². The highest BCUT2D eigenvalue weighted by Gasteiger charge is 2.19. The fourth-order valence-corrected chi connectivity index (χ4v) is 2.61. The van der Waals surface area contributed by atoms with Crippen molar-refractivity contribution in [2.75, 3.05) is 26.7 Å². The molecule has 1 fully saturated rings. The first-order chi connectivity index (χ1) is 10.1. The van der Waals surface area contributed by atoms with Crippen LogP contribution in [0.1, 0.15) is 18.4 Å². The van der Waals surface area contributed by atoms with Gasteiger partial charge < -0.3 is 20.9 Å². The third-order valence-corrected chi connectivity index (χ3v) is 3.81. The Morgan fingerprint density at radius 3 is 2.81 bits per heavy atom. The third kappa shape index (κ3) is 4.61. The minimum Gasteiger partial charge on any atom is -0.504 e. The molecule has 0 radical (unpaired) electrons. The van der Waals surface area contributed by atoms with E-state index in [1.54, 1.807) is 13.2 Å². The zero-order valence-electron chi connectivity index (χ0n) is 12.3. The number of ether oxygens (including phenoxy) is 1. The van der Waals surface area contributed by atoms with Crippen molar-refractivity contribution in [2.24, 2.45) is 5.73 Å². The van der Waals surface area contributed by atoms with Crippen molar-refractivity contribution in [2.45, 2.75) is 25.4 Å². The lowest BCUT2D eigenvalue weighted by Gasteiger charge is -2.31. The van der Waals surface area contributed by atoms with Gasteiger partial charge in [-0.15, -0.1) is 0 Å². The Morgan fingerprint density at radius 2 is 2.19 bits per heavy atom. The number of carbonyl (C=O) groups excluding carboxylic acids is 1. The Hall–Kier alpha value is -1.79. The lowest BCUT2D eigenvalue weighted by molar-refractivity contribution is -0.119. The quantitative estimate of drug-likeness (QED) is 0.708. The Labute approximate surface area is 124 Å². The summed E-state index contributed by atoms with van der Waals surface area (Å²) in [7, 11) is 1.54. The van der Waals surface area contributed by atoms with Crippen LogP contribution in [0.4, 0.5) is 0 Å². The number of rotatable bonds is 6. The normalized spacial score (nSPS) is 16.8. The van der Waals surface area contributed by atoms with Gasteiger partial charge in [0.1, 0.15) is 0 Å². The number of nitrogens with two attached hydrogens (primary N) is 1. The number of carbonyl (C=O) groups is 1. The molecule has 0 spiro atoms. The molecule has 4 N–H and O–H groups in total. The standard InChI is InChI=1S/C15H23N3O3/c1-21-14-8-11(2-3-13(14)19)9-17-12-4-6-18(7-5-12)10-15(16)20/h2-3,8,12,17,19H,4-7,9-10H2,1H3,(H2,16,20). The molecule has 0 atom stereocenters. The number of hydrogen-bond donors (Lipinski definition) is 3. The molecular weight excluding hydrogens is 270 g/mol. The van der Waals surface area contributed by atoms with E-state index in [0.717, 1.165) is 38.0 Å². The number of primary amides is 1. The molecule has 1 heterocycles. The molecule has 0 unspecified atom stereocenters. The summed E-state index contributed by atoms with van der Waals surface area (Å²) < 4.78 is 5.10. The number of likely N-dealkylation sites (tertiary alicyclic amines) is 1. The number of nitrogens with zero attached hydrogens (tertiary/aromatic N) is 1. The van der Waals surface area contributed by atoms with E-state index >= 15 is 0 Å². The predicted octanol–water partition coefficient (Wildman–Crippen LogP) is 0.440. The summed E-state index contributed by atoms with van der Waals surface area (Å²) in [5.74, 6) is 0.379. The fraction of sp³-hybridized carbons (Fsp3) is 0.533. The van der Waals surface area contributed by atoms with Gasteiger partial charge >= 0.3 is 0 Å². The molecule has 2 rings (SSSR count). The molecule has 0 saturated carbocycles. The third-order valence-electron chi connectivity index (χ3n) is 3.81. The summed E-state index contributed by atoms with van der Waals surface area (Å²) in [6.07, 6.45) is 2.00. The summed E-state index contributed by atoms with van der Waals surface area (Å²) in [6.45, 7) is 2.86. The fourth-order valence-electron chi connectivity index (χ4n) is 2.61. The topological polar surface area (TPSA) is 87.8 Å². The van der Waals surface area contributed by atoms with E-state index in [-0.39, 0.29) is 11.7 Å². The van der Waals surface area contributed by atoms with Crippen molar-refractivity contribution in [3.8, 4) is 11.5 Å². The second-order valence-corrected chi connectivity index (χ2v) is 5.40. The van der Waals surface area contributed by atoms with Gasteiger partial charge in [-0.25, -0.2) is 0 Å². The molecule has 116 valence electrons. The SMILES string of the molecule is COc1cc(CNC2CCN(CC(N)=O)CC2)ccc1O. The number of phenolic OH excluding ortho intramolecular Hbond substituents is 1. The molecule has 1 saturated heterocycles. The molecular formula is C15H23N3O3. The Bertz CT molecular complexity index is 485. The van der Waals surface area contributed by atoms with E-state index in [0.29, 0.717) is 18.3 Å². The second kappa shape index (κ2) is 7.28. The molecule has 1 aliphatic rings. The highest BCUT2D eigenvalue weighted by Crippen LogP contribution is 2.26. The first-order valence-electron chi connectivity index (χ1n) is 7.18. The van der Waals surface area contributed by atoms with E-state index in [4.69, 9.17) is 10.5 Å². The first kappa shape index (κ1) is 15.6. The zero-order valence-corrected chi connectivity index (χ0v) is 12.3. The summed E-state index contributed by atoms with van der Waals surface area (Å²) in [5, 5.41) is 13.1. The van der Waals surface area contributed by atoms with Crippen LogP contribution in [0, 0.1) is 0 Å². The lowest BCUT2D eigenvalue weighted by Crippen LogP contribution is -2.45. The number of phenols is 1. The van der Waals surface area contributed by atoms with Crippen LogP contribution < -0.4 is 15.8 Å². The minimum atomic E-state index is -0.266. The smallest absolute Gasteiger partial charge is 0.231 e. The van der Waals surface area contributed by atoms with Crippen molar-refractivity contribution in [1.29, 1.82) is 0 Å². The maximum atomic E-state index is 10.9. The van der Waals surface area contributed by atoms with Crippen LogP contribution in [0.3, 0.4) is 0 Å². The van der Waals surface area contributed by atoms with E-state index in [1.165, 1.54) is 0 Å². The van der Waals surface area contributed by atoms with Gasteiger partial charge in [0.15, 0.2) is 11.5 Å². The number of benzene rings is 1. The highest BCUT2D eigenvalue weighted by atomic mass is 16.5. The molecule has 0 bridgehead atoms. The van der Waals surface area contributed by atoms with Crippen molar-refractivity contribution in [1.82, 2.24) is 10.2 Å². The summed E-state index contributed by atoms with van der Waals surface area (Å²) >= 11 is 0. The molecule has 1 amide bonds. The summed E-state index contributed by atoms with van der Waals surface area (Å²) in [4.78, 5) is 13.0. The zero-order chi connectivity index (χ0) is 15.2. The van der Waals surface area contributed by atoms with Gasteiger partial charge in [-0.3, -0.25) is 9.69 Å². The van der Waals surface area contributed by atoms with Crippen LogP contribution in [-0.4, -0.2) is 48.7 Å². The Balaban J connectivity index is 1.78. The van der Waals surface area contributed by atoms with Crippen LogP contribution in [-0.2, 0) is 11.3 Å². The molecule has 6 heteroatoms. The average Bonchev–Trinajstić information content (AvgIpc) is 2.47. The monoisotopic (exact) mass is 293 g/mol. The number of piperidine rings is 1. The van der Waals surface area contributed by atoms with Crippen molar-refractivity contribution >= 4 is 5.91 Å². The van der Waals surface area contributed by atoms with E-state index < -0.39 is 0 Å². The van der Waals surface area contributed by atoms with Gasteiger partial charge in [-0.1, -0.05) is 6.07 Å². The minimum absolute atomic E-state index is 0.154. The summed E-state index contributed by atoms with van der Waals surface area (Å²) in [6, 6.07) is 5.80. The Kier molecular flexibility index (Phi) is 5.41. The number of amides is 1. The molecule has 1 aromatic carbocycles. The predicted molar refractivity (Wildman–Crippen MR) is 80.2 cm³/mol. The van der Waals surface area contributed by atoms with Gasteiger partial charge in [0.05, 0.1) is 13.7 Å². The van der Waals surface area contributed by atoms with Gasteiger partial charge in [0.2, 0.25) is 5.91 Å². The largest absolute Gasteiger partial charge is 0.504 e. The lowest BCUT2D eigenvalue weighted by atomic mass is 10.0. The summed E-state index contributed by atoms with van der Waals surface area (Å²) in [5.41, 5.74) is 6.28. The molecule has 1 aliphatic heterocycles. The number of hydrogen-bond acceptors (Lipinski definition) is 5. The van der Waals surface area contributed by atoms with Crippen LogP contribution in [0.2, 0.25) is 0 Å². The molecule has 0 aromatic heterocycles. The highest BCUT2D eigenvalue weighted by molar-refractivity contribution is 5.75. The van der Waals surface area contributed by atoms with Gasteiger partial charge in [-0.05, 0) is 30.5 Å². The van der Waals surface area contributed by atoms with Crippen molar-refractivity contribution in [3.63, 3.8) is 0 Å². The van der Waals surface area contributed by atoms with Crippen LogP contribution in [0.15, 0.2) is 18.2 Å². The number of aromatic hydroxyl groups is 1. The second-order valence-electron chi connectivity index (χ2n) is 5.40. The van der Waals surface area contributed by atoms with Crippen LogP contribution in [0.5, 0.6) is 11.5 Å². The molecule has 1 aromatic rings. The van der Waals surface area contributed by atoms with E-state index in [9.17, 15) is 9.90 Å². The van der Waals surface area contributed by atoms with Crippen molar-refractivity contribution < 1.29 is 14.6 Å². The molecule has 6 nitrogen and oxygen atoms in total.